The maximum Gasteiger partial charge on any atom is 0.309 e. The Morgan fingerprint density at radius 2 is 1.95 bits per heavy atom. The number of carboxylic acids is 1. The molecular formula is C15H18FNO4. The second kappa shape index (κ2) is 5.71. The lowest BCUT2D eigenvalue weighted by atomic mass is 9.80. The van der Waals surface area contributed by atoms with Crippen LogP contribution < -0.4 is 4.74 Å². The Bertz CT molecular complexity index is 565. The molecule has 1 fully saturated rings. The van der Waals surface area contributed by atoms with Gasteiger partial charge in [0, 0.05) is 18.7 Å². The first-order chi connectivity index (χ1) is 9.87. The highest BCUT2D eigenvalue weighted by Gasteiger charge is 2.38. The largest absolute Gasteiger partial charge is 0.494 e. The fraction of sp³-hybridized carbons (Fsp3) is 0.467. The number of carboxylic acid groups (broad SMARTS) is 1. The minimum Gasteiger partial charge on any atom is -0.494 e. The van der Waals surface area contributed by atoms with Gasteiger partial charge in [-0.05, 0) is 38.0 Å². The highest BCUT2D eigenvalue weighted by molar-refractivity contribution is 5.94. The lowest BCUT2D eigenvalue weighted by molar-refractivity contribution is -0.150. The number of hydrogen-bond donors (Lipinski definition) is 1. The van der Waals surface area contributed by atoms with Crippen molar-refractivity contribution in [3.63, 3.8) is 0 Å². The number of aliphatic carboxylic acids is 1. The highest BCUT2D eigenvalue weighted by Crippen LogP contribution is 2.32. The van der Waals surface area contributed by atoms with E-state index in [2.05, 4.69) is 0 Å². The molecule has 0 bridgehead atoms. The number of amides is 1. The van der Waals surface area contributed by atoms with Crippen LogP contribution in [0.25, 0.3) is 0 Å². The van der Waals surface area contributed by atoms with Crippen LogP contribution in [0.5, 0.6) is 5.75 Å². The predicted molar refractivity (Wildman–Crippen MR) is 73.8 cm³/mol. The number of hydrogen-bond acceptors (Lipinski definition) is 3. The summed E-state index contributed by atoms with van der Waals surface area (Å²) in [6.07, 6.45) is 0.818. The first kappa shape index (κ1) is 15.3. The van der Waals surface area contributed by atoms with Crippen molar-refractivity contribution in [1.29, 1.82) is 0 Å². The lowest BCUT2D eigenvalue weighted by Crippen LogP contribution is -2.45. The summed E-state index contributed by atoms with van der Waals surface area (Å²) in [5.74, 6) is -1.57. The third-order valence-corrected chi connectivity index (χ3v) is 4.07. The lowest BCUT2D eigenvalue weighted by Gasteiger charge is -2.36. The Kier molecular flexibility index (Phi) is 4.16. The summed E-state index contributed by atoms with van der Waals surface area (Å²) in [6.45, 7) is 2.45. The van der Waals surface area contributed by atoms with E-state index in [9.17, 15) is 19.1 Å². The van der Waals surface area contributed by atoms with Crippen molar-refractivity contribution in [2.75, 3.05) is 20.2 Å². The molecule has 1 N–H and O–H groups in total. The van der Waals surface area contributed by atoms with Gasteiger partial charge in [0.15, 0.2) is 11.6 Å². The molecule has 0 aromatic heterocycles. The quantitative estimate of drug-likeness (QED) is 0.928. The van der Waals surface area contributed by atoms with Gasteiger partial charge in [-0.3, -0.25) is 9.59 Å². The maximum absolute atomic E-state index is 13.4. The van der Waals surface area contributed by atoms with E-state index in [4.69, 9.17) is 4.74 Å². The summed E-state index contributed by atoms with van der Waals surface area (Å²) in [7, 11) is 1.34. The number of methoxy groups -OCH3 is 1. The molecule has 0 aliphatic carbocycles. The van der Waals surface area contributed by atoms with Crippen LogP contribution in [0.15, 0.2) is 18.2 Å². The number of nitrogens with zero attached hydrogens (tertiary/aromatic N) is 1. The molecule has 1 aromatic carbocycles. The Morgan fingerprint density at radius 3 is 2.48 bits per heavy atom. The van der Waals surface area contributed by atoms with Gasteiger partial charge in [0.25, 0.3) is 5.91 Å². The van der Waals surface area contributed by atoms with Gasteiger partial charge in [-0.2, -0.15) is 0 Å². The molecule has 1 amide bonds. The van der Waals surface area contributed by atoms with E-state index >= 15 is 0 Å². The van der Waals surface area contributed by atoms with Crippen LogP contribution in [-0.4, -0.2) is 42.1 Å². The van der Waals surface area contributed by atoms with E-state index in [1.165, 1.54) is 25.3 Å². The Labute approximate surface area is 122 Å². The first-order valence-corrected chi connectivity index (χ1v) is 6.73. The summed E-state index contributed by atoms with van der Waals surface area (Å²) in [6, 6.07) is 3.96. The van der Waals surface area contributed by atoms with Crippen LogP contribution >= 0.6 is 0 Å². The van der Waals surface area contributed by atoms with Gasteiger partial charge < -0.3 is 14.7 Å². The van der Waals surface area contributed by atoms with Gasteiger partial charge in [0.05, 0.1) is 12.5 Å². The zero-order chi connectivity index (χ0) is 15.6. The molecule has 1 saturated heterocycles. The molecule has 0 unspecified atom stereocenters. The van der Waals surface area contributed by atoms with Crippen molar-refractivity contribution in [3.05, 3.63) is 29.6 Å². The highest BCUT2D eigenvalue weighted by atomic mass is 19.1. The van der Waals surface area contributed by atoms with Crippen LogP contribution in [0.1, 0.15) is 30.1 Å². The van der Waals surface area contributed by atoms with Gasteiger partial charge in [-0.15, -0.1) is 0 Å². The molecule has 6 heteroatoms. The molecule has 0 spiro atoms. The van der Waals surface area contributed by atoms with Gasteiger partial charge in [0.2, 0.25) is 0 Å². The monoisotopic (exact) mass is 295 g/mol. The van der Waals surface area contributed by atoms with E-state index in [1.807, 2.05) is 0 Å². The molecule has 2 rings (SSSR count). The van der Waals surface area contributed by atoms with Crippen molar-refractivity contribution in [2.45, 2.75) is 19.8 Å². The average molecular weight is 295 g/mol. The maximum atomic E-state index is 13.4. The van der Waals surface area contributed by atoms with Gasteiger partial charge in [-0.1, -0.05) is 0 Å². The minimum atomic E-state index is -0.835. The molecule has 1 aliphatic heterocycles. The second-order valence-electron chi connectivity index (χ2n) is 5.51. The summed E-state index contributed by atoms with van der Waals surface area (Å²) in [5.41, 5.74) is -0.441. The van der Waals surface area contributed by atoms with Gasteiger partial charge in [0.1, 0.15) is 0 Å². The number of piperidine rings is 1. The van der Waals surface area contributed by atoms with E-state index in [-0.39, 0.29) is 11.7 Å². The second-order valence-corrected chi connectivity index (χ2v) is 5.51. The minimum absolute atomic E-state index is 0.0215. The number of benzene rings is 1. The van der Waals surface area contributed by atoms with Crippen molar-refractivity contribution in [2.24, 2.45) is 5.41 Å². The number of halogens is 1. The molecule has 114 valence electrons. The van der Waals surface area contributed by atoms with E-state index in [0.717, 1.165) is 0 Å². The smallest absolute Gasteiger partial charge is 0.309 e. The van der Waals surface area contributed by atoms with Gasteiger partial charge in [-0.25, -0.2) is 4.39 Å². The normalized spacial score (nSPS) is 17.4. The summed E-state index contributed by atoms with van der Waals surface area (Å²) < 4.78 is 18.2. The SMILES string of the molecule is COc1cc(C(=O)N2CCC(C)(C(=O)O)CC2)ccc1F. The first-order valence-electron chi connectivity index (χ1n) is 6.73. The summed E-state index contributed by atoms with van der Waals surface area (Å²) in [5, 5.41) is 9.18. The molecule has 21 heavy (non-hydrogen) atoms. The Morgan fingerprint density at radius 1 is 1.33 bits per heavy atom. The summed E-state index contributed by atoms with van der Waals surface area (Å²) in [4.78, 5) is 25.1. The van der Waals surface area contributed by atoms with Crippen LogP contribution in [0.4, 0.5) is 4.39 Å². The third-order valence-electron chi connectivity index (χ3n) is 4.07. The Balaban J connectivity index is 2.10. The third kappa shape index (κ3) is 2.99. The van der Waals surface area contributed by atoms with E-state index < -0.39 is 17.2 Å². The summed E-state index contributed by atoms with van der Waals surface area (Å²) >= 11 is 0. The number of likely N-dealkylation sites (tertiary alicyclic amines) is 1. The zero-order valence-corrected chi connectivity index (χ0v) is 12.1. The van der Waals surface area contributed by atoms with E-state index in [1.54, 1.807) is 11.8 Å². The van der Waals surface area contributed by atoms with Crippen molar-refractivity contribution < 1.29 is 23.8 Å². The zero-order valence-electron chi connectivity index (χ0n) is 12.1. The molecule has 0 radical (unpaired) electrons. The topological polar surface area (TPSA) is 66.8 Å². The number of carbonyl (C=O) groups excluding carboxylic acids is 1. The van der Waals surface area contributed by atoms with Gasteiger partial charge >= 0.3 is 5.97 Å². The predicted octanol–water partition coefficient (Wildman–Crippen LogP) is 2.16. The molecule has 1 heterocycles. The molecule has 5 nitrogen and oxygen atoms in total. The van der Waals surface area contributed by atoms with Crippen LogP contribution in [-0.2, 0) is 4.79 Å². The van der Waals surface area contributed by atoms with Crippen molar-refractivity contribution in [3.8, 4) is 5.75 Å². The fourth-order valence-electron chi connectivity index (χ4n) is 2.39. The van der Waals surface area contributed by atoms with Crippen LogP contribution in [0, 0.1) is 11.2 Å². The molecule has 0 atom stereocenters. The standard InChI is InChI=1S/C15H18FNO4/c1-15(14(19)20)5-7-17(8-6-15)13(18)10-3-4-11(16)12(9-10)21-2/h3-4,9H,5-8H2,1-2H3,(H,19,20). The molecular weight excluding hydrogens is 277 g/mol. The van der Waals surface area contributed by atoms with Crippen LogP contribution in [0.3, 0.4) is 0 Å². The number of rotatable bonds is 3. The molecule has 0 saturated carbocycles. The van der Waals surface area contributed by atoms with Crippen molar-refractivity contribution >= 4 is 11.9 Å². The molecule has 1 aliphatic rings. The van der Waals surface area contributed by atoms with E-state index in [0.29, 0.717) is 31.5 Å². The number of ether oxygens (including phenoxy) is 1. The average Bonchev–Trinajstić information content (AvgIpc) is 2.47. The molecule has 1 aromatic rings. The van der Waals surface area contributed by atoms with Crippen LogP contribution in [0.2, 0.25) is 0 Å². The number of carbonyl (C=O) groups is 2. The fourth-order valence-corrected chi connectivity index (χ4v) is 2.39. The Hall–Kier alpha value is -2.11. The van der Waals surface area contributed by atoms with Crippen molar-refractivity contribution in [1.82, 2.24) is 4.90 Å².